The quantitative estimate of drug-likeness (QED) is 0.892. The summed E-state index contributed by atoms with van der Waals surface area (Å²) in [5, 5.41) is 11.9. The molecule has 7 heteroatoms. The lowest BCUT2D eigenvalue weighted by Gasteiger charge is -2.05. The molecule has 18 heavy (non-hydrogen) atoms. The first kappa shape index (κ1) is 12.3. The number of methoxy groups -OCH3 is 1. The second-order valence-corrected chi connectivity index (χ2v) is 4.37. The van der Waals surface area contributed by atoms with Gasteiger partial charge in [-0.25, -0.2) is 14.2 Å². The van der Waals surface area contributed by atoms with Crippen molar-refractivity contribution in [3.05, 3.63) is 35.1 Å². The third-order valence-electron chi connectivity index (χ3n) is 2.07. The van der Waals surface area contributed by atoms with Crippen molar-refractivity contribution < 1.29 is 19.0 Å². The van der Waals surface area contributed by atoms with Crippen molar-refractivity contribution >= 4 is 28.1 Å². The number of rotatable bonds is 4. The van der Waals surface area contributed by atoms with Crippen LogP contribution >= 0.6 is 11.3 Å². The van der Waals surface area contributed by atoms with Crippen LogP contribution in [0.3, 0.4) is 0 Å². The summed E-state index contributed by atoms with van der Waals surface area (Å²) in [6.07, 6.45) is 1.24. The Balaban J connectivity index is 2.22. The molecule has 5 nitrogen and oxygen atoms in total. The van der Waals surface area contributed by atoms with E-state index in [9.17, 15) is 9.18 Å². The molecular weight excluding hydrogens is 259 g/mol. The highest BCUT2D eigenvalue weighted by Gasteiger charge is 2.09. The van der Waals surface area contributed by atoms with E-state index in [-0.39, 0.29) is 4.88 Å². The number of ether oxygens (including phenoxy) is 1. The topological polar surface area (TPSA) is 71.5 Å². The number of carboxylic acid groups (broad SMARTS) is 1. The van der Waals surface area contributed by atoms with Crippen molar-refractivity contribution in [1.82, 2.24) is 4.98 Å². The zero-order chi connectivity index (χ0) is 13.1. The minimum Gasteiger partial charge on any atom is -0.497 e. The molecule has 94 valence electrons. The van der Waals surface area contributed by atoms with Crippen LogP contribution in [0.2, 0.25) is 0 Å². The van der Waals surface area contributed by atoms with Gasteiger partial charge in [-0.15, -0.1) is 0 Å². The molecular formula is C11H9FN2O3S. The zero-order valence-corrected chi connectivity index (χ0v) is 10.1. The van der Waals surface area contributed by atoms with Gasteiger partial charge < -0.3 is 15.2 Å². The smallest absolute Gasteiger partial charge is 0.347 e. The molecule has 0 saturated heterocycles. The summed E-state index contributed by atoms with van der Waals surface area (Å²) in [5.74, 6) is -1.13. The Morgan fingerprint density at radius 1 is 1.50 bits per heavy atom. The lowest BCUT2D eigenvalue weighted by Crippen LogP contribution is -1.92. The van der Waals surface area contributed by atoms with Gasteiger partial charge >= 0.3 is 5.97 Å². The van der Waals surface area contributed by atoms with Crippen LogP contribution in [-0.4, -0.2) is 23.2 Å². The predicted molar refractivity (Wildman–Crippen MR) is 65.3 cm³/mol. The Labute approximate surface area is 106 Å². The van der Waals surface area contributed by atoms with Gasteiger partial charge in [-0.2, -0.15) is 0 Å². The molecule has 1 aromatic heterocycles. The number of carbonyl (C=O) groups is 1. The van der Waals surface area contributed by atoms with Crippen molar-refractivity contribution in [3.63, 3.8) is 0 Å². The van der Waals surface area contributed by atoms with Crippen molar-refractivity contribution in [1.29, 1.82) is 0 Å². The number of hydrogen-bond donors (Lipinski definition) is 2. The number of aromatic carboxylic acids is 1. The summed E-state index contributed by atoms with van der Waals surface area (Å²) < 4.78 is 18.1. The van der Waals surface area contributed by atoms with Crippen LogP contribution in [0.25, 0.3) is 0 Å². The molecule has 2 rings (SSSR count). The normalized spacial score (nSPS) is 10.1. The fourth-order valence-corrected chi connectivity index (χ4v) is 1.98. The summed E-state index contributed by atoms with van der Waals surface area (Å²) in [5.41, 5.74) is 0.443. The molecule has 0 fully saturated rings. The van der Waals surface area contributed by atoms with Gasteiger partial charge in [0.2, 0.25) is 0 Å². The van der Waals surface area contributed by atoms with E-state index < -0.39 is 11.8 Å². The second-order valence-electron chi connectivity index (χ2n) is 3.34. The molecule has 0 aliphatic heterocycles. The summed E-state index contributed by atoms with van der Waals surface area (Å²) in [6.45, 7) is 0. The Hall–Kier alpha value is -2.15. The number of anilines is 2. The van der Waals surface area contributed by atoms with Gasteiger partial charge in [0, 0.05) is 17.8 Å². The van der Waals surface area contributed by atoms with Gasteiger partial charge in [-0.05, 0) is 6.07 Å². The number of nitrogens with one attached hydrogen (secondary N) is 1. The van der Waals surface area contributed by atoms with Crippen molar-refractivity contribution in [3.8, 4) is 5.75 Å². The molecule has 1 heterocycles. The minimum atomic E-state index is -1.04. The Bertz CT molecular complexity index is 585. The van der Waals surface area contributed by atoms with Crippen molar-refractivity contribution in [2.75, 3.05) is 12.4 Å². The number of benzene rings is 1. The molecule has 0 radical (unpaired) electrons. The van der Waals surface area contributed by atoms with Gasteiger partial charge in [0.15, 0.2) is 5.13 Å². The standard InChI is InChI=1S/C11H9FN2O3S/c1-17-8-3-6(12)2-7(4-8)14-11-13-5-9(18-11)10(15)16/h2-5H,1H3,(H,13,14)(H,15,16). The van der Waals surface area contributed by atoms with E-state index in [0.29, 0.717) is 16.6 Å². The number of carboxylic acids is 1. The molecule has 0 bridgehead atoms. The molecule has 0 saturated carbocycles. The highest BCUT2D eigenvalue weighted by Crippen LogP contribution is 2.26. The predicted octanol–water partition coefficient (Wildman–Crippen LogP) is 2.73. The van der Waals surface area contributed by atoms with Crippen LogP contribution in [0.15, 0.2) is 24.4 Å². The van der Waals surface area contributed by atoms with Crippen LogP contribution in [0, 0.1) is 5.82 Å². The minimum absolute atomic E-state index is 0.112. The van der Waals surface area contributed by atoms with E-state index in [0.717, 1.165) is 11.3 Å². The maximum atomic E-state index is 13.2. The number of nitrogens with zero attached hydrogens (tertiary/aromatic N) is 1. The summed E-state index contributed by atoms with van der Waals surface area (Å²) in [6, 6.07) is 4.10. The third kappa shape index (κ3) is 2.75. The monoisotopic (exact) mass is 268 g/mol. The third-order valence-corrected chi connectivity index (χ3v) is 2.98. The van der Waals surface area contributed by atoms with Gasteiger partial charge in [-0.3, -0.25) is 0 Å². The first-order valence-electron chi connectivity index (χ1n) is 4.89. The summed E-state index contributed by atoms with van der Waals surface area (Å²) >= 11 is 0.970. The van der Waals surface area contributed by atoms with E-state index in [1.54, 1.807) is 6.07 Å². The van der Waals surface area contributed by atoms with Crippen molar-refractivity contribution in [2.24, 2.45) is 0 Å². The largest absolute Gasteiger partial charge is 0.497 e. The number of hydrogen-bond acceptors (Lipinski definition) is 5. The van der Waals surface area contributed by atoms with E-state index in [1.807, 2.05) is 0 Å². The van der Waals surface area contributed by atoms with E-state index in [4.69, 9.17) is 9.84 Å². The lowest BCUT2D eigenvalue weighted by molar-refractivity contribution is 0.0702. The van der Waals surface area contributed by atoms with Crippen LogP contribution < -0.4 is 10.1 Å². The van der Waals surface area contributed by atoms with Crippen LogP contribution in [0.4, 0.5) is 15.2 Å². The van der Waals surface area contributed by atoms with E-state index in [1.165, 1.54) is 25.4 Å². The molecule has 2 N–H and O–H groups in total. The van der Waals surface area contributed by atoms with Gasteiger partial charge in [0.25, 0.3) is 0 Å². The van der Waals surface area contributed by atoms with Crippen LogP contribution in [0.1, 0.15) is 9.67 Å². The second kappa shape index (κ2) is 5.01. The highest BCUT2D eigenvalue weighted by molar-refractivity contribution is 7.17. The average molecular weight is 268 g/mol. The molecule has 0 amide bonds. The van der Waals surface area contributed by atoms with E-state index >= 15 is 0 Å². The molecule has 0 atom stereocenters. The van der Waals surface area contributed by atoms with Gasteiger partial charge in [-0.1, -0.05) is 11.3 Å². The first-order valence-corrected chi connectivity index (χ1v) is 5.71. The summed E-state index contributed by atoms with van der Waals surface area (Å²) in [7, 11) is 1.43. The molecule has 2 aromatic rings. The van der Waals surface area contributed by atoms with E-state index in [2.05, 4.69) is 10.3 Å². The molecule has 1 aromatic carbocycles. The number of halogens is 1. The lowest BCUT2D eigenvalue weighted by atomic mass is 10.3. The average Bonchev–Trinajstić information content (AvgIpc) is 2.76. The Morgan fingerprint density at radius 2 is 2.28 bits per heavy atom. The SMILES string of the molecule is COc1cc(F)cc(Nc2ncc(C(=O)O)s2)c1. The van der Waals surface area contributed by atoms with Crippen molar-refractivity contribution in [2.45, 2.75) is 0 Å². The Morgan fingerprint density at radius 3 is 2.89 bits per heavy atom. The first-order chi connectivity index (χ1) is 8.58. The summed E-state index contributed by atoms with van der Waals surface area (Å²) in [4.78, 5) is 14.7. The fraction of sp³-hybridized carbons (Fsp3) is 0.0909. The molecule has 0 aliphatic rings. The fourth-order valence-electron chi connectivity index (χ4n) is 1.31. The number of aromatic nitrogens is 1. The van der Waals surface area contributed by atoms with Gasteiger partial charge in [0.1, 0.15) is 16.4 Å². The maximum Gasteiger partial charge on any atom is 0.347 e. The molecule has 0 unspecified atom stereocenters. The number of thiazole rings is 1. The molecule has 0 spiro atoms. The Kier molecular flexibility index (Phi) is 3.42. The molecule has 0 aliphatic carbocycles. The zero-order valence-electron chi connectivity index (χ0n) is 9.31. The van der Waals surface area contributed by atoms with Gasteiger partial charge in [0.05, 0.1) is 13.3 Å². The van der Waals surface area contributed by atoms with Crippen LogP contribution in [0.5, 0.6) is 5.75 Å². The maximum absolute atomic E-state index is 13.2. The van der Waals surface area contributed by atoms with Crippen LogP contribution in [-0.2, 0) is 0 Å². The highest BCUT2D eigenvalue weighted by atomic mass is 32.1.